The summed E-state index contributed by atoms with van der Waals surface area (Å²) in [6, 6.07) is 3.93. The molecule has 0 radical (unpaired) electrons. The molecule has 19 heavy (non-hydrogen) atoms. The highest BCUT2D eigenvalue weighted by atomic mass is 35.5. The van der Waals surface area contributed by atoms with E-state index in [1.807, 2.05) is 26.0 Å². The van der Waals surface area contributed by atoms with Crippen LogP contribution in [0.2, 0.25) is 5.02 Å². The summed E-state index contributed by atoms with van der Waals surface area (Å²) in [6.45, 7) is 10.2. The van der Waals surface area contributed by atoms with Crippen LogP contribution in [0.1, 0.15) is 50.5 Å². The smallest absolute Gasteiger partial charge is 0.340 e. The average molecular weight is 284 g/mol. The number of carbonyl (C=O) groups is 1. The van der Waals surface area contributed by atoms with Gasteiger partial charge in [0.15, 0.2) is 0 Å². The normalized spacial score (nSPS) is 11.6. The fraction of sp³-hybridized carbons (Fsp3) is 0.533. The van der Waals surface area contributed by atoms with Gasteiger partial charge in [0.1, 0.15) is 0 Å². The van der Waals surface area contributed by atoms with Crippen LogP contribution in [0, 0.1) is 0 Å². The minimum atomic E-state index is -0.379. The van der Waals surface area contributed by atoms with Gasteiger partial charge < -0.3 is 10.1 Å². The quantitative estimate of drug-likeness (QED) is 0.843. The van der Waals surface area contributed by atoms with E-state index in [9.17, 15) is 4.79 Å². The van der Waals surface area contributed by atoms with Crippen LogP contribution >= 0.6 is 11.6 Å². The van der Waals surface area contributed by atoms with Gasteiger partial charge in [-0.25, -0.2) is 4.79 Å². The second-order valence-corrected chi connectivity index (χ2v) is 6.33. The van der Waals surface area contributed by atoms with Gasteiger partial charge in [0, 0.05) is 6.04 Å². The van der Waals surface area contributed by atoms with Gasteiger partial charge in [-0.3, -0.25) is 0 Å². The van der Waals surface area contributed by atoms with Gasteiger partial charge in [-0.15, -0.1) is 0 Å². The zero-order chi connectivity index (χ0) is 14.8. The second kappa shape index (κ2) is 5.83. The lowest BCUT2D eigenvalue weighted by atomic mass is 9.85. The van der Waals surface area contributed by atoms with Crippen LogP contribution in [0.15, 0.2) is 12.1 Å². The van der Waals surface area contributed by atoms with Crippen LogP contribution in [0.4, 0.5) is 5.69 Å². The maximum atomic E-state index is 11.9. The number of nitrogens with one attached hydrogen (secondary N) is 1. The van der Waals surface area contributed by atoms with E-state index in [0.717, 1.165) is 5.56 Å². The number of halogens is 1. The van der Waals surface area contributed by atoms with Gasteiger partial charge in [-0.05, 0) is 37.0 Å². The van der Waals surface area contributed by atoms with Gasteiger partial charge in [-0.1, -0.05) is 32.4 Å². The molecule has 4 heteroatoms. The number of benzene rings is 1. The Morgan fingerprint density at radius 3 is 2.32 bits per heavy atom. The van der Waals surface area contributed by atoms with Crippen molar-refractivity contribution in [2.75, 3.05) is 12.4 Å². The molecule has 0 bridgehead atoms. The lowest BCUT2D eigenvalue weighted by Gasteiger charge is -2.23. The number of rotatable bonds is 3. The lowest BCUT2D eigenvalue weighted by Crippen LogP contribution is -2.18. The third-order valence-corrected chi connectivity index (χ3v) is 3.09. The minimum Gasteiger partial charge on any atom is -0.465 e. The number of anilines is 1. The van der Waals surface area contributed by atoms with Crippen molar-refractivity contribution in [1.82, 2.24) is 0 Å². The molecule has 0 fully saturated rings. The molecule has 0 aliphatic heterocycles. The number of methoxy groups -OCH3 is 1. The van der Waals surface area contributed by atoms with Gasteiger partial charge >= 0.3 is 5.97 Å². The topological polar surface area (TPSA) is 38.3 Å². The zero-order valence-corrected chi connectivity index (χ0v) is 13.2. The standard InChI is InChI=1S/C15H22ClNO2/c1-9(2)17-13-11(14(18)19-6)7-10(8-12(13)16)15(3,4)5/h7-9,17H,1-6H3. The maximum Gasteiger partial charge on any atom is 0.340 e. The molecular formula is C15H22ClNO2. The molecule has 0 unspecified atom stereocenters. The molecule has 0 atom stereocenters. The van der Waals surface area contributed by atoms with Crippen molar-refractivity contribution >= 4 is 23.3 Å². The summed E-state index contributed by atoms with van der Waals surface area (Å²) < 4.78 is 4.84. The molecule has 0 saturated heterocycles. The Hall–Kier alpha value is -1.22. The number of carbonyl (C=O) groups excluding carboxylic acids is 1. The highest BCUT2D eigenvalue weighted by Gasteiger charge is 2.22. The van der Waals surface area contributed by atoms with E-state index in [1.54, 1.807) is 0 Å². The Morgan fingerprint density at radius 1 is 1.32 bits per heavy atom. The first kappa shape index (κ1) is 15.8. The van der Waals surface area contributed by atoms with Gasteiger partial charge in [0.05, 0.1) is 23.4 Å². The summed E-state index contributed by atoms with van der Waals surface area (Å²) in [5.74, 6) is -0.379. The molecule has 1 N–H and O–H groups in total. The zero-order valence-electron chi connectivity index (χ0n) is 12.4. The Balaban J connectivity index is 3.43. The van der Waals surface area contributed by atoms with Crippen LogP contribution in [-0.4, -0.2) is 19.1 Å². The predicted molar refractivity (Wildman–Crippen MR) is 80.3 cm³/mol. The number of ether oxygens (including phenoxy) is 1. The van der Waals surface area contributed by atoms with Crippen LogP contribution in [0.3, 0.4) is 0 Å². The first-order chi connectivity index (χ1) is 8.66. The first-order valence-corrected chi connectivity index (χ1v) is 6.73. The second-order valence-electron chi connectivity index (χ2n) is 5.92. The SMILES string of the molecule is COC(=O)c1cc(C(C)(C)C)cc(Cl)c1NC(C)C. The summed E-state index contributed by atoms with van der Waals surface area (Å²) >= 11 is 6.32. The van der Waals surface area contributed by atoms with E-state index < -0.39 is 0 Å². The largest absolute Gasteiger partial charge is 0.465 e. The van der Waals surface area contributed by atoms with Crippen LogP contribution in [-0.2, 0) is 10.2 Å². The fourth-order valence-corrected chi connectivity index (χ4v) is 2.02. The number of hydrogen-bond acceptors (Lipinski definition) is 3. The van der Waals surface area contributed by atoms with Gasteiger partial charge in [-0.2, -0.15) is 0 Å². The summed E-state index contributed by atoms with van der Waals surface area (Å²) in [4.78, 5) is 11.9. The molecule has 1 aromatic carbocycles. The average Bonchev–Trinajstić information content (AvgIpc) is 2.28. The Morgan fingerprint density at radius 2 is 1.89 bits per heavy atom. The van der Waals surface area contributed by atoms with E-state index in [1.165, 1.54) is 7.11 Å². The molecule has 0 aliphatic carbocycles. The van der Waals surface area contributed by atoms with Crippen LogP contribution in [0.5, 0.6) is 0 Å². The van der Waals surface area contributed by atoms with Crippen molar-refractivity contribution in [3.05, 3.63) is 28.3 Å². The fourth-order valence-electron chi connectivity index (χ4n) is 1.75. The minimum absolute atomic E-state index is 0.0806. The molecule has 0 heterocycles. The van der Waals surface area contributed by atoms with Crippen molar-refractivity contribution in [3.8, 4) is 0 Å². The molecule has 0 spiro atoms. The third-order valence-electron chi connectivity index (χ3n) is 2.79. The van der Waals surface area contributed by atoms with Crippen molar-refractivity contribution in [1.29, 1.82) is 0 Å². The van der Waals surface area contributed by atoms with Crippen molar-refractivity contribution in [3.63, 3.8) is 0 Å². The molecule has 3 nitrogen and oxygen atoms in total. The van der Waals surface area contributed by atoms with E-state index in [-0.39, 0.29) is 17.4 Å². The molecule has 106 valence electrons. The Labute approximate surface area is 120 Å². The van der Waals surface area contributed by atoms with Crippen molar-refractivity contribution < 1.29 is 9.53 Å². The number of esters is 1. The highest BCUT2D eigenvalue weighted by molar-refractivity contribution is 6.34. The number of hydrogen-bond donors (Lipinski definition) is 1. The summed E-state index contributed by atoms with van der Waals surface area (Å²) in [7, 11) is 1.37. The Bertz CT molecular complexity index is 476. The van der Waals surface area contributed by atoms with E-state index in [0.29, 0.717) is 16.3 Å². The summed E-state index contributed by atoms with van der Waals surface area (Å²) in [6.07, 6.45) is 0. The molecule has 0 saturated carbocycles. The monoisotopic (exact) mass is 283 g/mol. The first-order valence-electron chi connectivity index (χ1n) is 6.35. The molecule has 0 aromatic heterocycles. The molecule has 0 amide bonds. The van der Waals surface area contributed by atoms with E-state index in [2.05, 4.69) is 26.1 Å². The van der Waals surface area contributed by atoms with Gasteiger partial charge in [0.25, 0.3) is 0 Å². The van der Waals surface area contributed by atoms with E-state index in [4.69, 9.17) is 16.3 Å². The van der Waals surface area contributed by atoms with Crippen molar-refractivity contribution in [2.45, 2.75) is 46.1 Å². The molecule has 1 aromatic rings. The molecule has 0 aliphatic rings. The molecule has 1 rings (SSSR count). The van der Waals surface area contributed by atoms with Crippen LogP contribution in [0.25, 0.3) is 0 Å². The third kappa shape index (κ3) is 3.87. The highest BCUT2D eigenvalue weighted by Crippen LogP contribution is 2.34. The summed E-state index contributed by atoms with van der Waals surface area (Å²) in [5.41, 5.74) is 2.04. The van der Waals surface area contributed by atoms with E-state index >= 15 is 0 Å². The molecular weight excluding hydrogens is 262 g/mol. The van der Waals surface area contributed by atoms with Crippen molar-refractivity contribution in [2.24, 2.45) is 0 Å². The lowest BCUT2D eigenvalue weighted by molar-refractivity contribution is 0.0601. The summed E-state index contributed by atoms with van der Waals surface area (Å²) in [5, 5.41) is 3.75. The Kier molecular flexibility index (Phi) is 4.86. The predicted octanol–water partition coefficient (Wildman–Crippen LogP) is 4.24. The maximum absolute atomic E-state index is 11.9. The van der Waals surface area contributed by atoms with Crippen LogP contribution < -0.4 is 5.32 Å². The van der Waals surface area contributed by atoms with Gasteiger partial charge in [0.2, 0.25) is 0 Å².